The van der Waals surface area contributed by atoms with Gasteiger partial charge in [0.15, 0.2) is 9.84 Å². The average Bonchev–Trinajstić information content (AvgIpc) is 2.74. The van der Waals surface area contributed by atoms with Crippen LogP contribution in [0.4, 0.5) is 0 Å². The summed E-state index contributed by atoms with van der Waals surface area (Å²) < 4.78 is 28.4. The van der Waals surface area contributed by atoms with E-state index >= 15 is 0 Å². The standard InChI is InChI=1S/C12H23NO4S/c1-10(2)9-18(15,16)6-4-12(14)13-7-11-3-5-17-8-11/h10-11H,3-9H2,1-2H3,(H,13,14). The van der Waals surface area contributed by atoms with Crippen molar-refractivity contribution in [3.05, 3.63) is 0 Å². The first-order valence-electron chi connectivity index (χ1n) is 6.44. The van der Waals surface area contributed by atoms with Gasteiger partial charge in [0.1, 0.15) is 0 Å². The number of amides is 1. The highest BCUT2D eigenvalue weighted by atomic mass is 32.2. The third kappa shape index (κ3) is 6.35. The SMILES string of the molecule is CC(C)CS(=O)(=O)CCC(=O)NCC1CCOC1. The van der Waals surface area contributed by atoms with Gasteiger partial charge in [0.25, 0.3) is 0 Å². The van der Waals surface area contributed by atoms with Crippen molar-refractivity contribution in [3.63, 3.8) is 0 Å². The Morgan fingerprint density at radius 1 is 1.44 bits per heavy atom. The molecule has 0 aromatic rings. The van der Waals surface area contributed by atoms with Gasteiger partial charge in [-0.15, -0.1) is 0 Å². The summed E-state index contributed by atoms with van der Waals surface area (Å²) in [5, 5.41) is 2.77. The second-order valence-corrected chi connectivity index (χ2v) is 7.52. The topological polar surface area (TPSA) is 72.5 Å². The van der Waals surface area contributed by atoms with Gasteiger partial charge in [-0.05, 0) is 12.3 Å². The molecule has 0 spiro atoms. The van der Waals surface area contributed by atoms with Crippen molar-refractivity contribution in [3.8, 4) is 0 Å². The Balaban J connectivity index is 2.19. The van der Waals surface area contributed by atoms with Gasteiger partial charge >= 0.3 is 0 Å². The molecule has 1 fully saturated rings. The predicted molar refractivity (Wildman–Crippen MR) is 70.0 cm³/mol. The third-order valence-corrected chi connectivity index (χ3v) is 4.84. The number of carbonyl (C=O) groups is 1. The highest BCUT2D eigenvalue weighted by molar-refractivity contribution is 7.91. The predicted octanol–water partition coefficient (Wildman–Crippen LogP) is 0.600. The Hall–Kier alpha value is -0.620. The van der Waals surface area contributed by atoms with Gasteiger partial charge in [-0.3, -0.25) is 4.79 Å². The quantitative estimate of drug-likeness (QED) is 0.739. The van der Waals surface area contributed by atoms with Gasteiger partial charge in [0, 0.05) is 25.5 Å². The van der Waals surface area contributed by atoms with E-state index in [9.17, 15) is 13.2 Å². The minimum absolute atomic E-state index is 0.0574. The second kappa shape index (κ2) is 7.09. The third-order valence-electron chi connectivity index (χ3n) is 2.84. The fourth-order valence-corrected chi connectivity index (χ4v) is 3.61. The van der Waals surface area contributed by atoms with Crippen LogP contribution in [0.15, 0.2) is 0 Å². The molecule has 0 radical (unpaired) electrons. The number of nitrogens with one attached hydrogen (secondary N) is 1. The molecule has 1 saturated heterocycles. The molecule has 106 valence electrons. The molecule has 6 heteroatoms. The summed E-state index contributed by atoms with van der Waals surface area (Å²) in [4.78, 5) is 11.5. The highest BCUT2D eigenvalue weighted by Crippen LogP contribution is 2.10. The summed E-state index contributed by atoms with van der Waals surface area (Å²) in [5.74, 6) is 0.388. The van der Waals surface area contributed by atoms with E-state index in [2.05, 4.69) is 5.32 Å². The summed E-state index contributed by atoms with van der Waals surface area (Å²) in [6, 6.07) is 0. The zero-order chi connectivity index (χ0) is 13.6. The van der Waals surface area contributed by atoms with Crippen molar-refractivity contribution in [1.29, 1.82) is 0 Å². The molecule has 5 nitrogen and oxygen atoms in total. The molecular weight excluding hydrogens is 254 g/mol. The summed E-state index contributed by atoms with van der Waals surface area (Å²) in [5.41, 5.74) is 0. The molecule has 0 saturated carbocycles. The van der Waals surface area contributed by atoms with Crippen LogP contribution in [0, 0.1) is 11.8 Å². The van der Waals surface area contributed by atoms with Crippen LogP contribution >= 0.6 is 0 Å². The monoisotopic (exact) mass is 277 g/mol. The molecule has 0 bridgehead atoms. The largest absolute Gasteiger partial charge is 0.381 e. The number of hydrogen-bond donors (Lipinski definition) is 1. The molecular formula is C12H23NO4S. The summed E-state index contributed by atoms with van der Waals surface area (Å²) in [6.07, 6.45) is 1.02. The van der Waals surface area contributed by atoms with E-state index in [1.54, 1.807) is 0 Å². The Morgan fingerprint density at radius 3 is 2.72 bits per heavy atom. The van der Waals surface area contributed by atoms with Crippen LogP contribution in [0.3, 0.4) is 0 Å². The van der Waals surface area contributed by atoms with Crippen LogP contribution in [-0.2, 0) is 19.4 Å². The van der Waals surface area contributed by atoms with Crippen molar-refractivity contribution in [2.75, 3.05) is 31.3 Å². The first-order chi connectivity index (χ1) is 8.39. The molecule has 1 heterocycles. The summed E-state index contributed by atoms with van der Waals surface area (Å²) in [7, 11) is -3.10. The van der Waals surface area contributed by atoms with Gasteiger partial charge in [-0.2, -0.15) is 0 Å². The fourth-order valence-electron chi connectivity index (χ4n) is 1.93. The Morgan fingerprint density at radius 2 is 2.17 bits per heavy atom. The summed E-state index contributed by atoms with van der Waals surface area (Å²) in [6.45, 7) is 5.74. The highest BCUT2D eigenvalue weighted by Gasteiger charge is 2.18. The van der Waals surface area contributed by atoms with Crippen molar-refractivity contribution >= 4 is 15.7 Å². The van der Waals surface area contributed by atoms with Crippen LogP contribution in [-0.4, -0.2) is 45.6 Å². The van der Waals surface area contributed by atoms with Crippen LogP contribution in [0.25, 0.3) is 0 Å². The first kappa shape index (κ1) is 15.4. The van der Waals surface area contributed by atoms with Crippen LogP contribution in [0.1, 0.15) is 26.7 Å². The molecule has 0 aliphatic carbocycles. The maximum atomic E-state index is 11.6. The van der Waals surface area contributed by atoms with E-state index in [1.807, 2.05) is 13.8 Å². The Labute approximate surface area is 109 Å². The fraction of sp³-hybridized carbons (Fsp3) is 0.917. The Kier molecular flexibility index (Phi) is 6.08. The van der Waals surface area contributed by atoms with E-state index in [1.165, 1.54) is 0 Å². The van der Waals surface area contributed by atoms with E-state index in [0.29, 0.717) is 19.1 Å². The minimum Gasteiger partial charge on any atom is -0.381 e. The molecule has 0 aromatic heterocycles. The molecule has 18 heavy (non-hydrogen) atoms. The smallest absolute Gasteiger partial charge is 0.221 e. The van der Waals surface area contributed by atoms with Crippen molar-refractivity contribution < 1.29 is 17.9 Å². The lowest BCUT2D eigenvalue weighted by atomic mass is 10.1. The number of ether oxygens (including phenoxy) is 1. The van der Waals surface area contributed by atoms with E-state index in [0.717, 1.165) is 13.0 Å². The molecule has 1 aliphatic rings. The lowest BCUT2D eigenvalue weighted by Gasteiger charge is -2.10. The number of hydrogen-bond acceptors (Lipinski definition) is 4. The average molecular weight is 277 g/mol. The number of carbonyl (C=O) groups excluding carboxylic acids is 1. The maximum Gasteiger partial charge on any atom is 0.221 e. The Bertz CT molecular complexity index is 358. The van der Waals surface area contributed by atoms with Crippen LogP contribution < -0.4 is 5.32 Å². The molecule has 1 N–H and O–H groups in total. The zero-order valence-electron chi connectivity index (χ0n) is 11.1. The van der Waals surface area contributed by atoms with Gasteiger partial charge in [0.05, 0.1) is 18.1 Å². The molecule has 1 atom stereocenters. The lowest BCUT2D eigenvalue weighted by molar-refractivity contribution is -0.120. The van der Waals surface area contributed by atoms with E-state index in [4.69, 9.17) is 4.74 Å². The zero-order valence-corrected chi connectivity index (χ0v) is 12.0. The van der Waals surface area contributed by atoms with Gasteiger partial charge in [0.2, 0.25) is 5.91 Å². The number of rotatable bonds is 7. The van der Waals surface area contributed by atoms with Crippen LogP contribution in [0.2, 0.25) is 0 Å². The van der Waals surface area contributed by atoms with Gasteiger partial charge in [-0.1, -0.05) is 13.8 Å². The summed E-state index contributed by atoms with van der Waals surface area (Å²) >= 11 is 0. The van der Waals surface area contributed by atoms with Gasteiger partial charge in [-0.25, -0.2) is 8.42 Å². The van der Waals surface area contributed by atoms with Crippen molar-refractivity contribution in [2.24, 2.45) is 11.8 Å². The molecule has 1 aliphatic heterocycles. The molecule has 1 amide bonds. The maximum absolute atomic E-state index is 11.6. The van der Waals surface area contributed by atoms with Crippen molar-refractivity contribution in [2.45, 2.75) is 26.7 Å². The first-order valence-corrected chi connectivity index (χ1v) is 8.26. The van der Waals surface area contributed by atoms with Crippen LogP contribution in [0.5, 0.6) is 0 Å². The molecule has 0 aromatic carbocycles. The molecule has 1 rings (SSSR count). The van der Waals surface area contributed by atoms with E-state index in [-0.39, 0.29) is 29.8 Å². The van der Waals surface area contributed by atoms with Gasteiger partial charge < -0.3 is 10.1 Å². The van der Waals surface area contributed by atoms with E-state index < -0.39 is 9.84 Å². The number of sulfone groups is 1. The minimum atomic E-state index is -3.10. The lowest BCUT2D eigenvalue weighted by Crippen LogP contribution is -2.31. The normalized spacial score (nSPS) is 20.3. The second-order valence-electron chi connectivity index (χ2n) is 5.29. The van der Waals surface area contributed by atoms with Crippen molar-refractivity contribution in [1.82, 2.24) is 5.32 Å². The molecule has 1 unspecified atom stereocenters.